The number of pyridine rings is 1. The van der Waals surface area contributed by atoms with Crippen LogP contribution >= 0.6 is 0 Å². The average Bonchev–Trinajstić information content (AvgIpc) is 3.41. The van der Waals surface area contributed by atoms with E-state index in [4.69, 9.17) is 10.5 Å². The minimum atomic E-state index is -3.90. The van der Waals surface area contributed by atoms with E-state index in [9.17, 15) is 32.3 Å². The minimum Gasteiger partial charge on any atom is -0.494 e. The Morgan fingerprint density at radius 2 is 1.88 bits per heavy atom. The summed E-state index contributed by atoms with van der Waals surface area (Å²) < 4.78 is 46.0. The number of aromatic nitrogens is 1. The van der Waals surface area contributed by atoms with E-state index < -0.39 is 56.7 Å². The lowest BCUT2D eigenvalue weighted by atomic mass is 9.96. The van der Waals surface area contributed by atoms with E-state index >= 15 is 0 Å². The molecular formula is C29H31FN4O7S. The third-order valence-corrected chi connectivity index (χ3v) is 9.42. The Morgan fingerprint density at radius 1 is 1.14 bits per heavy atom. The zero-order chi connectivity index (χ0) is 30.8. The highest BCUT2D eigenvalue weighted by Crippen LogP contribution is 2.42. The summed E-state index contributed by atoms with van der Waals surface area (Å²) in [7, 11) is -2.63. The monoisotopic (exact) mass is 598 g/mol. The molecule has 0 aliphatic carbocycles. The van der Waals surface area contributed by atoms with Crippen LogP contribution in [0, 0.1) is 11.7 Å². The van der Waals surface area contributed by atoms with Crippen LogP contribution in [0.3, 0.4) is 0 Å². The predicted octanol–water partition coefficient (Wildman–Crippen LogP) is 3.34. The van der Waals surface area contributed by atoms with Gasteiger partial charge in [-0.3, -0.25) is 19.4 Å². The summed E-state index contributed by atoms with van der Waals surface area (Å²) in [6.45, 7) is 2.98. The number of anilines is 1. The molecule has 42 heavy (non-hydrogen) atoms. The molecule has 1 fully saturated rings. The van der Waals surface area contributed by atoms with Crippen molar-refractivity contribution in [3.63, 3.8) is 0 Å². The molecule has 11 nitrogen and oxygen atoms in total. The molecule has 222 valence electrons. The molecule has 2 aromatic carbocycles. The third kappa shape index (κ3) is 5.91. The normalized spacial score (nSPS) is 17.6. The molecule has 1 saturated heterocycles. The third-order valence-electron chi connectivity index (χ3n) is 7.22. The molecule has 1 aliphatic rings. The van der Waals surface area contributed by atoms with Crippen molar-refractivity contribution in [1.29, 1.82) is 0 Å². The van der Waals surface area contributed by atoms with Gasteiger partial charge in [0.2, 0.25) is 11.8 Å². The number of carbonyl (C=O) groups excluding carboxylic acids is 2. The van der Waals surface area contributed by atoms with Gasteiger partial charge in [0.05, 0.1) is 34.9 Å². The summed E-state index contributed by atoms with van der Waals surface area (Å²) in [6.07, 6.45) is 1.39. The summed E-state index contributed by atoms with van der Waals surface area (Å²) in [5.41, 5.74) is 6.16. The number of rotatable bonds is 10. The first-order chi connectivity index (χ1) is 19.9. The van der Waals surface area contributed by atoms with Crippen molar-refractivity contribution >= 4 is 33.3 Å². The van der Waals surface area contributed by atoms with Crippen molar-refractivity contribution in [1.82, 2.24) is 9.88 Å². The van der Waals surface area contributed by atoms with Gasteiger partial charge in [-0.2, -0.15) is 0 Å². The summed E-state index contributed by atoms with van der Waals surface area (Å²) >= 11 is 0. The van der Waals surface area contributed by atoms with Gasteiger partial charge in [-0.05, 0) is 68.3 Å². The van der Waals surface area contributed by atoms with Crippen molar-refractivity contribution in [2.45, 2.75) is 42.5 Å². The number of sulfone groups is 1. The van der Waals surface area contributed by atoms with E-state index in [0.29, 0.717) is 5.69 Å². The number of carboxylic acids is 1. The van der Waals surface area contributed by atoms with E-state index in [0.717, 1.165) is 6.07 Å². The number of likely N-dealkylation sites (tertiary alicyclic amines) is 1. The lowest BCUT2D eigenvalue weighted by Crippen LogP contribution is -2.40. The maximum atomic E-state index is 14.4. The summed E-state index contributed by atoms with van der Waals surface area (Å²) in [5.74, 6) is -4.47. The van der Waals surface area contributed by atoms with Crippen LogP contribution in [-0.4, -0.2) is 60.1 Å². The van der Waals surface area contributed by atoms with Gasteiger partial charge in [0.25, 0.3) is 0 Å². The maximum absolute atomic E-state index is 14.4. The lowest BCUT2D eigenvalue weighted by Gasteiger charge is -2.32. The van der Waals surface area contributed by atoms with Gasteiger partial charge in [-0.25, -0.2) is 12.8 Å². The SMILES string of the molecule is COc1cc([C@@H](Nc2cccc(C(N)=O)c2)C(=O)N2CCC(C(=O)O)C2c2ncccc2S(=O)(=O)C(C)C)ccc1F. The minimum absolute atomic E-state index is 0.0178. The number of nitrogens with one attached hydrogen (secondary N) is 1. The molecule has 3 aromatic rings. The van der Waals surface area contributed by atoms with Gasteiger partial charge < -0.3 is 25.8 Å². The van der Waals surface area contributed by atoms with Gasteiger partial charge >= 0.3 is 5.97 Å². The second-order valence-electron chi connectivity index (χ2n) is 10.1. The number of nitrogens with zero attached hydrogens (tertiary/aromatic N) is 2. The second kappa shape index (κ2) is 12.1. The van der Waals surface area contributed by atoms with Crippen LogP contribution in [0.25, 0.3) is 0 Å². The van der Waals surface area contributed by atoms with E-state index in [1.165, 1.54) is 68.5 Å². The number of aliphatic carboxylic acids is 1. The fourth-order valence-corrected chi connectivity index (χ4v) is 6.24. The van der Waals surface area contributed by atoms with Crippen LogP contribution in [0.2, 0.25) is 0 Å². The summed E-state index contributed by atoms with van der Waals surface area (Å²) in [4.78, 5) is 43.9. The molecular weight excluding hydrogens is 567 g/mol. The molecule has 2 amide bonds. The number of hydrogen-bond donors (Lipinski definition) is 3. The first-order valence-corrected chi connectivity index (χ1v) is 14.6. The van der Waals surface area contributed by atoms with E-state index in [2.05, 4.69) is 10.3 Å². The molecule has 2 heterocycles. The standard InChI is InChI=1S/C29H31FN4O7S/c1-16(2)42(39,40)23-8-5-12-32-25(23)26-20(29(37)38)11-13-34(26)28(36)24(17-9-10-21(30)22(15-17)41-3)33-19-7-4-6-18(14-19)27(31)35/h4-10,12,14-16,20,24,26,33H,11,13H2,1-3H3,(H2,31,35)(H,37,38)/t20?,24-,26?/m1/s1. The van der Waals surface area contributed by atoms with Crippen molar-refractivity contribution in [3.8, 4) is 5.75 Å². The number of amides is 2. The van der Waals surface area contributed by atoms with Gasteiger partial charge in [-0.15, -0.1) is 0 Å². The summed E-state index contributed by atoms with van der Waals surface area (Å²) in [6, 6.07) is 10.3. The predicted molar refractivity (Wildman–Crippen MR) is 151 cm³/mol. The smallest absolute Gasteiger partial charge is 0.309 e. The van der Waals surface area contributed by atoms with Gasteiger partial charge in [0.15, 0.2) is 21.4 Å². The van der Waals surface area contributed by atoms with E-state index in [-0.39, 0.29) is 40.4 Å². The molecule has 2 unspecified atom stereocenters. The van der Waals surface area contributed by atoms with Crippen LogP contribution in [0.1, 0.15) is 54.0 Å². The molecule has 1 aliphatic heterocycles. The number of nitrogens with two attached hydrogens (primary N) is 1. The van der Waals surface area contributed by atoms with Gasteiger partial charge in [-0.1, -0.05) is 12.1 Å². The number of hydrogen-bond acceptors (Lipinski definition) is 8. The maximum Gasteiger partial charge on any atom is 0.309 e. The number of carboxylic acid groups (broad SMARTS) is 1. The number of ether oxygens (including phenoxy) is 1. The van der Waals surface area contributed by atoms with Crippen LogP contribution in [0.4, 0.5) is 10.1 Å². The summed E-state index contributed by atoms with van der Waals surface area (Å²) in [5, 5.41) is 12.3. The Kier molecular flexibility index (Phi) is 8.81. The Hall–Kier alpha value is -4.52. The zero-order valence-corrected chi connectivity index (χ0v) is 24.0. The molecule has 0 spiro atoms. The molecule has 4 rings (SSSR count). The van der Waals surface area contributed by atoms with E-state index in [1.807, 2.05) is 0 Å². The average molecular weight is 599 g/mol. The van der Waals surface area contributed by atoms with Gasteiger partial charge in [0, 0.05) is 24.0 Å². The fourth-order valence-electron chi connectivity index (χ4n) is 4.99. The van der Waals surface area contributed by atoms with Crippen molar-refractivity contribution in [3.05, 3.63) is 83.4 Å². The Balaban J connectivity index is 1.85. The second-order valence-corrected chi connectivity index (χ2v) is 12.6. The first-order valence-electron chi connectivity index (χ1n) is 13.1. The first kappa shape index (κ1) is 30.4. The number of methoxy groups -OCH3 is 1. The Bertz CT molecular complexity index is 1630. The van der Waals surface area contributed by atoms with Gasteiger partial charge in [0.1, 0.15) is 6.04 Å². The van der Waals surface area contributed by atoms with E-state index in [1.54, 1.807) is 12.1 Å². The Labute approximate surface area is 242 Å². The van der Waals surface area contributed by atoms with Crippen LogP contribution in [0.15, 0.2) is 65.7 Å². The van der Waals surface area contributed by atoms with Crippen molar-refractivity contribution in [2.75, 3.05) is 19.0 Å². The molecule has 13 heteroatoms. The lowest BCUT2D eigenvalue weighted by molar-refractivity contribution is -0.143. The van der Waals surface area contributed by atoms with Crippen molar-refractivity contribution in [2.24, 2.45) is 11.7 Å². The quantitative estimate of drug-likeness (QED) is 0.317. The molecule has 0 bridgehead atoms. The topological polar surface area (TPSA) is 169 Å². The zero-order valence-electron chi connectivity index (χ0n) is 23.2. The highest BCUT2D eigenvalue weighted by molar-refractivity contribution is 7.92. The Morgan fingerprint density at radius 3 is 2.52 bits per heavy atom. The fraction of sp³-hybridized carbons (Fsp3) is 0.310. The highest BCUT2D eigenvalue weighted by atomic mass is 32.2. The molecule has 0 saturated carbocycles. The molecule has 0 radical (unpaired) electrons. The number of benzene rings is 2. The molecule has 1 aromatic heterocycles. The molecule has 3 atom stereocenters. The number of halogens is 1. The van der Waals surface area contributed by atoms with Crippen LogP contribution in [0.5, 0.6) is 5.75 Å². The van der Waals surface area contributed by atoms with Crippen LogP contribution in [-0.2, 0) is 19.4 Å². The number of primary amides is 1. The number of carbonyl (C=O) groups is 3. The largest absolute Gasteiger partial charge is 0.494 e. The highest BCUT2D eigenvalue weighted by Gasteiger charge is 2.47. The molecule has 4 N–H and O–H groups in total. The van der Waals surface area contributed by atoms with Crippen molar-refractivity contribution < 1.29 is 37.0 Å². The van der Waals surface area contributed by atoms with Crippen LogP contribution < -0.4 is 15.8 Å².